The summed E-state index contributed by atoms with van der Waals surface area (Å²) >= 11 is 0. The van der Waals surface area contributed by atoms with Crippen molar-refractivity contribution in [2.24, 2.45) is 0 Å². The van der Waals surface area contributed by atoms with Crippen molar-refractivity contribution in [2.75, 3.05) is 19.6 Å². The Balaban J connectivity index is 0.000000697. The van der Waals surface area contributed by atoms with E-state index in [2.05, 4.69) is 20.8 Å². The molecule has 1 N–H and O–H groups in total. The van der Waals surface area contributed by atoms with Crippen LogP contribution >= 0.6 is 0 Å². The Morgan fingerprint density at radius 1 is 1.16 bits per heavy atom. The number of nitro groups is 2. The van der Waals surface area contributed by atoms with Crippen LogP contribution in [0.5, 0.6) is 0 Å². The van der Waals surface area contributed by atoms with Gasteiger partial charge in [-0.1, -0.05) is 6.07 Å². The second kappa shape index (κ2) is 10.7. The predicted molar refractivity (Wildman–Crippen MR) is 85.7 cm³/mol. The quantitative estimate of drug-likeness (QED) is 0.526. The van der Waals surface area contributed by atoms with Gasteiger partial charge in [0, 0.05) is 6.07 Å². The molecular weight excluding hydrogens is 332 g/mol. The minimum Gasteiger partial charge on any atom is -0.548 e. The number of benzene rings is 1. The second-order valence-electron chi connectivity index (χ2n) is 4.92. The number of para-hydroxylation sites is 1. The highest BCUT2D eigenvalue weighted by molar-refractivity contribution is 5.80. The van der Waals surface area contributed by atoms with Gasteiger partial charge in [0.25, 0.3) is 0 Å². The summed E-state index contributed by atoms with van der Waals surface area (Å²) in [5.74, 6) is -3.80. The van der Waals surface area contributed by atoms with Gasteiger partial charge in [-0.25, -0.2) is 0 Å². The predicted octanol–water partition coefficient (Wildman–Crippen LogP) is -0.209. The Bertz CT molecular complexity index is 661. The van der Waals surface area contributed by atoms with Crippen molar-refractivity contribution >= 4 is 17.3 Å². The molecule has 0 aromatic heterocycles. The molecule has 136 valence electrons. The molecule has 1 aromatic carbocycles. The monoisotopic (exact) mass is 352 g/mol. The maximum Gasteiger partial charge on any atom is 0.350 e. The van der Waals surface area contributed by atoms with Crippen molar-refractivity contribution in [3.05, 3.63) is 44.0 Å². The maximum absolute atomic E-state index is 10.8. The number of quaternary nitrogens is 1. The van der Waals surface area contributed by atoms with E-state index in [0.717, 1.165) is 18.2 Å². The maximum atomic E-state index is 10.8. The molecule has 0 heterocycles. The Morgan fingerprint density at radius 2 is 1.68 bits per heavy atom. The molecule has 0 aliphatic heterocycles. The largest absolute Gasteiger partial charge is 0.548 e. The topological polar surface area (TPSA) is 155 Å². The Labute approximate surface area is 144 Å². The third-order valence-electron chi connectivity index (χ3n) is 3.60. The normalized spacial score (nSPS) is 11.0. The van der Waals surface area contributed by atoms with Crippen LogP contribution in [0, 0.1) is 31.6 Å². The highest BCUT2D eigenvalue weighted by Gasteiger charge is 2.32. The standard InChI is InChI=1S/C9H5N3O6.C6H15N/c10-4-6(9(13)14)5-2-1-3-7(11(15)16)8(5)12(17)18;1-4-7(5-2)6-3/h1-3,6H,(H,13,14);4-6H2,1-3H3. The van der Waals surface area contributed by atoms with Crippen molar-refractivity contribution in [1.29, 1.82) is 5.26 Å². The Morgan fingerprint density at radius 3 is 1.96 bits per heavy atom. The molecule has 0 saturated carbocycles. The highest BCUT2D eigenvalue weighted by Crippen LogP contribution is 2.34. The van der Waals surface area contributed by atoms with Gasteiger partial charge in [-0.05, 0) is 26.8 Å². The SMILES string of the molecule is CC[NH+](CC)CC.N#CC(C(=O)[O-])c1cccc([N+](=O)[O-])c1[N+](=O)[O-]. The van der Waals surface area contributed by atoms with E-state index < -0.39 is 38.7 Å². The number of nitrogens with one attached hydrogen (secondary N) is 1. The van der Waals surface area contributed by atoms with E-state index in [-0.39, 0.29) is 0 Å². The summed E-state index contributed by atoms with van der Waals surface area (Å²) in [7, 11) is 0. The van der Waals surface area contributed by atoms with Crippen molar-refractivity contribution in [1.82, 2.24) is 0 Å². The van der Waals surface area contributed by atoms with Gasteiger partial charge in [-0.3, -0.25) is 20.2 Å². The zero-order valence-electron chi connectivity index (χ0n) is 14.2. The Kier molecular flexibility index (Phi) is 9.36. The first-order valence-corrected chi connectivity index (χ1v) is 7.60. The number of nitriles is 1. The summed E-state index contributed by atoms with van der Waals surface area (Å²) in [6.45, 7) is 10.5. The summed E-state index contributed by atoms with van der Waals surface area (Å²) in [5.41, 5.74) is -2.46. The number of nitrogens with zero attached hydrogens (tertiary/aromatic N) is 3. The average molecular weight is 352 g/mol. The lowest BCUT2D eigenvalue weighted by atomic mass is 9.98. The van der Waals surface area contributed by atoms with Crippen LogP contribution in [0.15, 0.2) is 18.2 Å². The van der Waals surface area contributed by atoms with Crippen LogP contribution in [0.25, 0.3) is 0 Å². The van der Waals surface area contributed by atoms with Crippen molar-refractivity contribution < 1.29 is 24.6 Å². The van der Waals surface area contributed by atoms with E-state index in [4.69, 9.17) is 5.26 Å². The summed E-state index contributed by atoms with van der Waals surface area (Å²) in [4.78, 5) is 31.6. The number of carboxylic acid groups (broad SMARTS) is 1. The van der Waals surface area contributed by atoms with Crippen LogP contribution in [0.2, 0.25) is 0 Å². The average Bonchev–Trinajstić information content (AvgIpc) is 2.56. The highest BCUT2D eigenvalue weighted by atomic mass is 16.6. The third kappa shape index (κ3) is 6.15. The molecule has 0 bridgehead atoms. The fourth-order valence-corrected chi connectivity index (χ4v) is 2.13. The van der Waals surface area contributed by atoms with Gasteiger partial charge < -0.3 is 14.8 Å². The molecule has 25 heavy (non-hydrogen) atoms. The number of nitro benzene ring substituents is 2. The van der Waals surface area contributed by atoms with Crippen LogP contribution in [0.3, 0.4) is 0 Å². The molecule has 0 aliphatic carbocycles. The molecule has 10 heteroatoms. The molecule has 0 aliphatic rings. The zero-order valence-corrected chi connectivity index (χ0v) is 14.2. The smallest absolute Gasteiger partial charge is 0.350 e. The first-order valence-electron chi connectivity index (χ1n) is 7.60. The number of carbonyl (C=O) groups is 1. The number of carbonyl (C=O) groups excluding carboxylic acids is 1. The molecular formula is C15H20N4O6. The van der Waals surface area contributed by atoms with Gasteiger partial charge in [-0.15, -0.1) is 0 Å². The Hall–Kier alpha value is -3.06. The first kappa shape index (κ1) is 21.9. The number of hydrogen-bond acceptors (Lipinski definition) is 7. The van der Waals surface area contributed by atoms with Gasteiger partial charge in [0.2, 0.25) is 0 Å². The lowest BCUT2D eigenvalue weighted by Crippen LogP contribution is -3.11. The summed E-state index contributed by atoms with van der Waals surface area (Å²) in [6.07, 6.45) is 0. The third-order valence-corrected chi connectivity index (χ3v) is 3.60. The fraction of sp³-hybridized carbons (Fsp3) is 0.467. The summed E-state index contributed by atoms with van der Waals surface area (Å²) < 4.78 is 0. The molecule has 0 radical (unpaired) electrons. The van der Waals surface area contributed by atoms with Crippen LogP contribution < -0.4 is 10.0 Å². The molecule has 0 saturated heterocycles. The number of carboxylic acids is 1. The first-order chi connectivity index (χ1) is 11.7. The van der Waals surface area contributed by atoms with Gasteiger partial charge in [0.1, 0.15) is 5.92 Å². The molecule has 0 spiro atoms. The minimum absolute atomic E-state index is 0.572. The molecule has 0 fully saturated rings. The van der Waals surface area contributed by atoms with Crippen LogP contribution in [-0.2, 0) is 4.79 Å². The molecule has 0 amide bonds. The van der Waals surface area contributed by atoms with Crippen molar-refractivity contribution in [2.45, 2.75) is 26.7 Å². The fourth-order valence-electron chi connectivity index (χ4n) is 2.13. The minimum atomic E-state index is -1.94. The van der Waals surface area contributed by atoms with Crippen LogP contribution in [-0.4, -0.2) is 35.5 Å². The van der Waals surface area contributed by atoms with Gasteiger partial charge in [0.15, 0.2) is 0 Å². The van der Waals surface area contributed by atoms with Crippen LogP contribution in [0.1, 0.15) is 32.3 Å². The lowest BCUT2D eigenvalue weighted by molar-refractivity contribution is -0.894. The summed E-state index contributed by atoms with van der Waals surface area (Å²) in [6, 6.07) is 4.17. The zero-order chi connectivity index (χ0) is 19.6. The van der Waals surface area contributed by atoms with E-state index in [1.807, 2.05) is 0 Å². The van der Waals surface area contributed by atoms with Gasteiger partial charge in [0.05, 0.1) is 47.1 Å². The summed E-state index contributed by atoms with van der Waals surface area (Å²) in [5, 5.41) is 40.7. The van der Waals surface area contributed by atoms with Gasteiger partial charge in [-0.2, -0.15) is 5.26 Å². The number of aliphatic carboxylic acids is 1. The van der Waals surface area contributed by atoms with E-state index in [9.17, 15) is 30.1 Å². The van der Waals surface area contributed by atoms with E-state index >= 15 is 0 Å². The van der Waals surface area contributed by atoms with Gasteiger partial charge >= 0.3 is 11.4 Å². The molecule has 10 nitrogen and oxygen atoms in total. The van der Waals surface area contributed by atoms with Crippen LogP contribution in [0.4, 0.5) is 11.4 Å². The molecule has 1 aromatic rings. The number of hydrogen-bond donors (Lipinski definition) is 1. The van der Waals surface area contributed by atoms with Crippen molar-refractivity contribution in [3.8, 4) is 6.07 Å². The molecule has 1 atom stereocenters. The molecule has 1 unspecified atom stereocenters. The van der Waals surface area contributed by atoms with Crippen molar-refractivity contribution in [3.63, 3.8) is 0 Å². The second-order valence-corrected chi connectivity index (χ2v) is 4.92. The van der Waals surface area contributed by atoms with E-state index in [0.29, 0.717) is 0 Å². The number of rotatable bonds is 7. The molecule has 1 rings (SSSR count). The van der Waals surface area contributed by atoms with E-state index in [1.54, 1.807) is 4.90 Å². The van der Waals surface area contributed by atoms with E-state index in [1.165, 1.54) is 25.7 Å². The lowest BCUT2D eigenvalue weighted by Gasteiger charge is -2.10.